The largest absolute Gasteiger partial charge is 0.327 e. The van der Waals surface area contributed by atoms with Crippen LogP contribution >= 0.6 is 23.7 Å². The first-order valence-corrected chi connectivity index (χ1v) is 7.95. The van der Waals surface area contributed by atoms with Gasteiger partial charge >= 0.3 is 0 Å². The van der Waals surface area contributed by atoms with Crippen LogP contribution in [-0.4, -0.2) is 16.9 Å². The molecule has 3 N–H and O–H groups in total. The van der Waals surface area contributed by atoms with E-state index >= 15 is 0 Å². The molecule has 114 valence electrons. The van der Waals surface area contributed by atoms with Crippen molar-refractivity contribution in [3.05, 3.63) is 11.1 Å². The number of rotatable bonds is 4. The first kappa shape index (κ1) is 17.4. The first-order valence-electron chi connectivity index (χ1n) is 7.07. The summed E-state index contributed by atoms with van der Waals surface area (Å²) in [4.78, 5) is 16.4. The molecule has 4 nitrogen and oxygen atoms in total. The Morgan fingerprint density at radius 3 is 2.80 bits per heavy atom. The number of nitrogens with one attached hydrogen (secondary N) is 1. The zero-order valence-corrected chi connectivity index (χ0v) is 13.7. The predicted molar refractivity (Wildman–Crippen MR) is 86.6 cm³/mol. The SMILES string of the molecule is CC(C)c1csc(NC(=O)CC2CCCCC2N)n1.Cl. The van der Waals surface area contributed by atoms with E-state index in [4.69, 9.17) is 5.73 Å². The number of aromatic nitrogens is 1. The molecule has 1 heterocycles. The number of halogens is 1. The van der Waals surface area contributed by atoms with Gasteiger partial charge in [-0.1, -0.05) is 26.7 Å². The maximum Gasteiger partial charge on any atom is 0.226 e. The standard InChI is InChI=1S/C14H23N3OS.ClH/c1-9(2)12-8-19-14(16-12)17-13(18)7-10-5-3-4-6-11(10)15;/h8-11H,3-7,15H2,1-2H3,(H,16,17,18);1H. The average Bonchev–Trinajstić information content (AvgIpc) is 2.80. The Bertz CT molecular complexity index is 436. The van der Waals surface area contributed by atoms with Crippen LogP contribution in [0.5, 0.6) is 0 Å². The molecule has 2 rings (SSSR count). The summed E-state index contributed by atoms with van der Waals surface area (Å²) in [5, 5.41) is 5.61. The number of carbonyl (C=O) groups excluding carboxylic acids is 1. The molecule has 1 fully saturated rings. The summed E-state index contributed by atoms with van der Waals surface area (Å²) in [6, 6.07) is 0.182. The zero-order valence-electron chi connectivity index (χ0n) is 12.1. The van der Waals surface area contributed by atoms with Crippen molar-refractivity contribution in [3.63, 3.8) is 0 Å². The molecule has 1 amide bonds. The summed E-state index contributed by atoms with van der Waals surface area (Å²) in [5.74, 6) is 0.777. The van der Waals surface area contributed by atoms with Crippen molar-refractivity contribution < 1.29 is 4.79 Å². The van der Waals surface area contributed by atoms with Crippen molar-refractivity contribution in [2.24, 2.45) is 11.7 Å². The molecule has 20 heavy (non-hydrogen) atoms. The minimum Gasteiger partial charge on any atom is -0.327 e. The third-order valence-electron chi connectivity index (χ3n) is 3.78. The highest BCUT2D eigenvalue weighted by Crippen LogP contribution is 2.27. The molecule has 6 heteroatoms. The van der Waals surface area contributed by atoms with Crippen molar-refractivity contribution in [1.29, 1.82) is 0 Å². The molecule has 0 aromatic carbocycles. The number of anilines is 1. The van der Waals surface area contributed by atoms with E-state index in [0.29, 0.717) is 23.4 Å². The Balaban J connectivity index is 0.00000200. The van der Waals surface area contributed by atoms with Crippen LogP contribution in [0.4, 0.5) is 5.13 Å². The quantitative estimate of drug-likeness (QED) is 0.892. The molecule has 0 bridgehead atoms. The molecule has 1 aliphatic carbocycles. The molecule has 1 aromatic rings. The Morgan fingerprint density at radius 2 is 2.20 bits per heavy atom. The van der Waals surface area contributed by atoms with Gasteiger partial charge in [-0.3, -0.25) is 4.79 Å². The van der Waals surface area contributed by atoms with E-state index < -0.39 is 0 Å². The van der Waals surface area contributed by atoms with Crippen molar-refractivity contribution in [2.75, 3.05) is 5.32 Å². The van der Waals surface area contributed by atoms with Gasteiger partial charge in [0.2, 0.25) is 5.91 Å². The maximum atomic E-state index is 12.0. The van der Waals surface area contributed by atoms with Crippen LogP contribution in [0.25, 0.3) is 0 Å². The van der Waals surface area contributed by atoms with Gasteiger partial charge in [-0.05, 0) is 24.7 Å². The van der Waals surface area contributed by atoms with Gasteiger partial charge in [-0.2, -0.15) is 0 Å². The van der Waals surface area contributed by atoms with Crippen LogP contribution < -0.4 is 11.1 Å². The molecular weight excluding hydrogens is 294 g/mol. The van der Waals surface area contributed by atoms with E-state index in [1.165, 1.54) is 24.2 Å². The Morgan fingerprint density at radius 1 is 1.50 bits per heavy atom. The minimum atomic E-state index is 0. The zero-order chi connectivity index (χ0) is 13.8. The van der Waals surface area contributed by atoms with Gasteiger partial charge in [-0.25, -0.2) is 4.98 Å². The molecule has 2 atom stereocenters. The highest BCUT2D eigenvalue weighted by molar-refractivity contribution is 7.13. The number of nitrogens with zero attached hydrogens (tertiary/aromatic N) is 1. The summed E-state index contributed by atoms with van der Waals surface area (Å²) in [6.45, 7) is 4.20. The van der Waals surface area contributed by atoms with E-state index in [1.807, 2.05) is 5.38 Å². The Labute approximate surface area is 131 Å². The molecule has 0 spiro atoms. The summed E-state index contributed by atoms with van der Waals surface area (Å²) < 4.78 is 0. The second-order valence-corrected chi connectivity index (χ2v) is 6.55. The van der Waals surface area contributed by atoms with Crippen molar-refractivity contribution in [1.82, 2.24) is 4.98 Å². The Kier molecular flexibility index (Phi) is 6.92. The van der Waals surface area contributed by atoms with Crippen LogP contribution in [-0.2, 0) is 4.79 Å². The molecule has 0 radical (unpaired) electrons. The lowest BCUT2D eigenvalue weighted by atomic mass is 9.83. The molecule has 2 unspecified atom stereocenters. The molecule has 1 saturated carbocycles. The third-order valence-corrected chi connectivity index (χ3v) is 4.55. The van der Waals surface area contributed by atoms with Gasteiger partial charge in [0, 0.05) is 17.8 Å². The number of nitrogens with two attached hydrogens (primary N) is 1. The lowest BCUT2D eigenvalue weighted by Gasteiger charge is -2.27. The second-order valence-electron chi connectivity index (χ2n) is 5.69. The highest BCUT2D eigenvalue weighted by Gasteiger charge is 2.24. The Hall–Kier alpha value is -0.650. The highest BCUT2D eigenvalue weighted by atomic mass is 35.5. The monoisotopic (exact) mass is 317 g/mol. The molecule has 0 saturated heterocycles. The van der Waals surface area contributed by atoms with Gasteiger partial charge in [0.05, 0.1) is 5.69 Å². The number of thiazole rings is 1. The molecule has 1 aliphatic rings. The van der Waals surface area contributed by atoms with Crippen LogP contribution in [0.2, 0.25) is 0 Å². The van der Waals surface area contributed by atoms with E-state index in [-0.39, 0.29) is 24.4 Å². The molecule has 1 aromatic heterocycles. The van der Waals surface area contributed by atoms with Gasteiger partial charge in [0.25, 0.3) is 0 Å². The topological polar surface area (TPSA) is 68.0 Å². The van der Waals surface area contributed by atoms with Gasteiger partial charge in [0.15, 0.2) is 5.13 Å². The molecule has 0 aliphatic heterocycles. The second kappa shape index (κ2) is 7.96. The lowest BCUT2D eigenvalue weighted by molar-refractivity contribution is -0.117. The smallest absolute Gasteiger partial charge is 0.226 e. The fourth-order valence-electron chi connectivity index (χ4n) is 2.51. The number of hydrogen-bond acceptors (Lipinski definition) is 4. The van der Waals surface area contributed by atoms with Crippen LogP contribution in [0, 0.1) is 5.92 Å². The van der Waals surface area contributed by atoms with Crippen LogP contribution in [0.3, 0.4) is 0 Å². The first-order chi connectivity index (χ1) is 9.06. The summed E-state index contributed by atoms with van der Waals surface area (Å²) in [6.07, 6.45) is 5.04. The van der Waals surface area contributed by atoms with Crippen LogP contribution in [0.15, 0.2) is 5.38 Å². The van der Waals surface area contributed by atoms with Gasteiger partial charge < -0.3 is 11.1 Å². The fourth-order valence-corrected chi connectivity index (χ4v) is 3.40. The summed E-state index contributed by atoms with van der Waals surface area (Å²) in [7, 11) is 0. The van der Waals surface area contributed by atoms with E-state index in [1.54, 1.807) is 0 Å². The normalized spacial score (nSPS) is 22.4. The van der Waals surface area contributed by atoms with E-state index in [2.05, 4.69) is 24.1 Å². The number of carbonyl (C=O) groups is 1. The van der Waals surface area contributed by atoms with E-state index in [9.17, 15) is 4.79 Å². The van der Waals surface area contributed by atoms with Gasteiger partial charge in [-0.15, -0.1) is 23.7 Å². The molecular formula is C14H24ClN3OS. The van der Waals surface area contributed by atoms with Crippen LogP contribution in [0.1, 0.15) is 57.6 Å². The third kappa shape index (κ3) is 4.72. The minimum absolute atomic E-state index is 0. The average molecular weight is 318 g/mol. The number of hydrogen-bond donors (Lipinski definition) is 2. The summed E-state index contributed by atoms with van der Waals surface area (Å²) in [5.41, 5.74) is 7.11. The fraction of sp³-hybridized carbons (Fsp3) is 0.714. The van der Waals surface area contributed by atoms with Gasteiger partial charge in [0.1, 0.15) is 0 Å². The summed E-state index contributed by atoms with van der Waals surface area (Å²) >= 11 is 1.49. The maximum absolute atomic E-state index is 12.0. The van der Waals surface area contributed by atoms with Crippen molar-refractivity contribution in [2.45, 2.75) is 57.9 Å². The predicted octanol–water partition coefficient (Wildman–Crippen LogP) is 3.53. The lowest BCUT2D eigenvalue weighted by Crippen LogP contribution is -2.35. The van der Waals surface area contributed by atoms with E-state index in [0.717, 1.165) is 18.5 Å². The number of amides is 1. The van der Waals surface area contributed by atoms with Crippen molar-refractivity contribution >= 4 is 34.8 Å². The van der Waals surface area contributed by atoms with Crippen molar-refractivity contribution in [3.8, 4) is 0 Å².